The van der Waals surface area contributed by atoms with Gasteiger partial charge in [-0.3, -0.25) is 4.79 Å². The van der Waals surface area contributed by atoms with Crippen molar-refractivity contribution in [2.45, 2.75) is 26.3 Å². The maximum Gasteiger partial charge on any atom is 0.251 e. The SMILES string of the molecule is CC1(C)CC1NC(=O)c1ccnc(Br)c1. The highest BCUT2D eigenvalue weighted by molar-refractivity contribution is 9.10. The van der Waals surface area contributed by atoms with Crippen LogP contribution in [0.4, 0.5) is 0 Å². The van der Waals surface area contributed by atoms with E-state index in [2.05, 4.69) is 40.1 Å². The number of pyridine rings is 1. The molecule has 1 saturated carbocycles. The number of carbonyl (C=O) groups is 1. The van der Waals surface area contributed by atoms with E-state index in [1.807, 2.05) is 0 Å². The van der Waals surface area contributed by atoms with Crippen LogP contribution in [-0.2, 0) is 0 Å². The van der Waals surface area contributed by atoms with E-state index in [0.717, 1.165) is 6.42 Å². The number of nitrogens with one attached hydrogen (secondary N) is 1. The van der Waals surface area contributed by atoms with Crippen molar-refractivity contribution in [3.05, 3.63) is 28.5 Å². The summed E-state index contributed by atoms with van der Waals surface area (Å²) in [6.45, 7) is 4.31. The molecule has 80 valence electrons. The first-order valence-corrected chi connectivity index (χ1v) is 5.71. The van der Waals surface area contributed by atoms with Crippen LogP contribution in [0.5, 0.6) is 0 Å². The number of carbonyl (C=O) groups excluding carboxylic acids is 1. The molecule has 1 aliphatic rings. The minimum absolute atomic E-state index is 0.0197. The van der Waals surface area contributed by atoms with Crippen LogP contribution >= 0.6 is 15.9 Å². The van der Waals surface area contributed by atoms with Crippen LogP contribution in [0, 0.1) is 5.41 Å². The molecule has 0 spiro atoms. The molecule has 2 rings (SSSR count). The van der Waals surface area contributed by atoms with Gasteiger partial charge in [-0.1, -0.05) is 13.8 Å². The topological polar surface area (TPSA) is 42.0 Å². The van der Waals surface area contributed by atoms with Crippen LogP contribution < -0.4 is 5.32 Å². The van der Waals surface area contributed by atoms with E-state index in [-0.39, 0.29) is 11.3 Å². The van der Waals surface area contributed by atoms with Gasteiger partial charge in [-0.05, 0) is 39.9 Å². The molecule has 1 heterocycles. The number of rotatable bonds is 2. The minimum atomic E-state index is -0.0197. The summed E-state index contributed by atoms with van der Waals surface area (Å²) in [6.07, 6.45) is 2.68. The van der Waals surface area contributed by atoms with Crippen molar-refractivity contribution in [3.8, 4) is 0 Å². The summed E-state index contributed by atoms with van der Waals surface area (Å²) in [5.41, 5.74) is 0.916. The first kappa shape index (κ1) is 10.6. The molecule has 1 amide bonds. The third kappa shape index (κ3) is 2.37. The lowest BCUT2D eigenvalue weighted by atomic mass is 10.2. The van der Waals surface area contributed by atoms with E-state index in [1.54, 1.807) is 18.3 Å². The van der Waals surface area contributed by atoms with Gasteiger partial charge >= 0.3 is 0 Å². The third-order valence-electron chi connectivity index (χ3n) is 2.81. The average molecular weight is 269 g/mol. The van der Waals surface area contributed by atoms with Gasteiger partial charge < -0.3 is 5.32 Å². The lowest BCUT2D eigenvalue weighted by Crippen LogP contribution is -2.28. The second-order valence-corrected chi connectivity index (χ2v) is 5.40. The fourth-order valence-corrected chi connectivity index (χ4v) is 1.86. The van der Waals surface area contributed by atoms with Gasteiger partial charge in [0.15, 0.2) is 0 Å². The van der Waals surface area contributed by atoms with Gasteiger partial charge in [0.1, 0.15) is 4.60 Å². The van der Waals surface area contributed by atoms with Gasteiger partial charge in [-0.15, -0.1) is 0 Å². The highest BCUT2D eigenvalue weighted by atomic mass is 79.9. The Morgan fingerprint density at radius 3 is 2.87 bits per heavy atom. The quantitative estimate of drug-likeness (QED) is 0.837. The van der Waals surface area contributed by atoms with Gasteiger partial charge in [-0.25, -0.2) is 4.98 Å². The molecule has 1 aromatic heterocycles. The first-order valence-electron chi connectivity index (χ1n) is 4.91. The number of hydrogen-bond donors (Lipinski definition) is 1. The van der Waals surface area contributed by atoms with Crippen LogP contribution in [-0.4, -0.2) is 16.9 Å². The van der Waals surface area contributed by atoms with E-state index in [1.165, 1.54) is 0 Å². The zero-order valence-corrected chi connectivity index (χ0v) is 10.3. The maximum absolute atomic E-state index is 11.8. The largest absolute Gasteiger partial charge is 0.349 e. The Bertz CT molecular complexity index is 403. The average Bonchev–Trinajstić information content (AvgIpc) is 2.73. The second-order valence-electron chi connectivity index (χ2n) is 4.59. The zero-order valence-electron chi connectivity index (χ0n) is 8.75. The molecule has 1 atom stereocenters. The molecule has 0 bridgehead atoms. The predicted octanol–water partition coefficient (Wildman–Crippen LogP) is 2.37. The zero-order chi connectivity index (χ0) is 11.1. The monoisotopic (exact) mass is 268 g/mol. The highest BCUT2D eigenvalue weighted by Gasteiger charge is 2.46. The summed E-state index contributed by atoms with van der Waals surface area (Å²) < 4.78 is 0.685. The molecule has 1 unspecified atom stereocenters. The van der Waals surface area contributed by atoms with Gasteiger partial charge in [0, 0.05) is 17.8 Å². The standard InChI is InChI=1S/C11H13BrN2O/c1-11(2)6-8(11)14-10(15)7-3-4-13-9(12)5-7/h3-5,8H,6H2,1-2H3,(H,14,15). The fraction of sp³-hybridized carbons (Fsp3) is 0.455. The molecule has 0 aliphatic heterocycles. The molecule has 1 N–H and O–H groups in total. The molecule has 15 heavy (non-hydrogen) atoms. The molecule has 3 nitrogen and oxygen atoms in total. The number of hydrogen-bond acceptors (Lipinski definition) is 2. The van der Waals surface area contributed by atoms with Crippen LogP contribution in [0.25, 0.3) is 0 Å². The maximum atomic E-state index is 11.8. The summed E-state index contributed by atoms with van der Waals surface area (Å²) in [7, 11) is 0. The van der Waals surface area contributed by atoms with E-state index in [0.29, 0.717) is 16.2 Å². The van der Waals surface area contributed by atoms with E-state index >= 15 is 0 Å². The van der Waals surface area contributed by atoms with E-state index in [9.17, 15) is 4.79 Å². The van der Waals surface area contributed by atoms with Crippen molar-refractivity contribution in [1.82, 2.24) is 10.3 Å². The van der Waals surface area contributed by atoms with Gasteiger partial charge in [-0.2, -0.15) is 0 Å². The van der Waals surface area contributed by atoms with Crippen molar-refractivity contribution in [2.75, 3.05) is 0 Å². The smallest absolute Gasteiger partial charge is 0.251 e. The Kier molecular flexibility index (Phi) is 2.54. The Balaban J connectivity index is 2.03. The Hall–Kier alpha value is -0.900. The Labute approximate surface area is 97.4 Å². The van der Waals surface area contributed by atoms with Crippen molar-refractivity contribution in [3.63, 3.8) is 0 Å². The van der Waals surface area contributed by atoms with Crippen LogP contribution in [0.15, 0.2) is 22.9 Å². The molecule has 1 fully saturated rings. The molecule has 0 aromatic carbocycles. The summed E-state index contributed by atoms with van der Waals surface area (Å²) in [4.78, 5) is 15.8. The van der Waals surface area contributed by atoms with Crippen LogP contribution in [0.3, 0.4) is 0 Å². The summed E-state index contributed by atoms with van der Waals surface area (Å²) in [5.74, 6) is -0.0197. The summed E-state index contributed by atoms with van der Waals surface area (Å²) in [5, 5.41) is 3.00. The number of halogens is 1. The summed E-state index contributed by atoms with van der Waals surface area (Å²) >= 11 is 3.24. The van der Waals surface area contributed by atoms with Crippen molar-refractivity contribution >= 4 is 21.8 Å². The Morgan fingerprint density at radius 2 is 2.33 bits per heavy atom. The first-order chi connectivity index (χ1) is 6.99. The number of amides is 1. The van der Waals surface area contributed by atoms with Crippen molar-refractivity contribution in [2.24, 2.45) is 5.41 Å². The van der Waals surface area contributed by atoms with Gasteiger partial charge in [0.05, 0.1) is 0 Å². The molecule has 0 saturated heterocycles. The highest BCUT2D eigenvalue weighted by Crippen LogP contribution is 2.44. The third-order valence-corrected chi connectivity index (χ3v) is 3.24. The molecule has 1 aliphatic carbocycles. The molecular weight excluding hydrogens is 256 g/mol. The predicted molar refractivity (Wildman–Crippen MR) is 61.6 cm³/mol. The van der Waals surface area contributed by atoms with Crippen LogP contribution in [0.1, 0.15) is 30.6 Å². The lowest BCUT2D eigenvalue weighted by Gasteiger charge is -2.06. The van der Waals surface area contributed by atoms with Crippen molar-refractivity contribution in [1.29, 1.82) is 0 Å². The molecule has 1 aromatic rings. The number of aromatic nitrogens is 1. The van der Waals surface area contributed by atoms with Crippen LogP contribution in [0.2, 0.25) is 0 Å². The Morgan fingerprint density at radius 1 is 1.67 bits per heavy atom. The normalized spacial score (nSPS) is 22.2. The van der Waals surface area contributed by atoms with Gasteiger partial charge in [0.2, 0.25) is 0 Å². The molecule has 4 heteroatoms. The number of nitrogens with zero attached hydrogens (tertiary/aromatic N) is 1. The molecule has 0 radical (unpaired) electrons. The van der Waals surface area contributed by atoms with Crippen molar-refractivity contribution < 1.29 is 4.79 Å². The minimum Gasteiger partial charge on any atom is -0.349 e. The lowest BCUT2D eigenvalue weighted by molar-refractivity contribution is 0.0946. The van der Waals surface area contributed by atoms with E-state index < -0.39 is 0 Å². The summed E-state index contributed by atoms with van der Waals surface area (Å²) in [6, 6.07) is 3.76. The molecular formula is C11H13BrN2O. The second kappa shape index (κ2) is 3.59. The van der Waals surface area contributed by atoms with Gasteiger partial charge in [0.25, 0.3) is 5.91 Å². The van der Waals surface area contributed by atoms with E-state index in [4.69, 9.17) is 0 Å². The fourth-order valence-electron chi connectivity index (χ4n) is 1.50.